The number of ether oxygens (including phenoxy) is 1. The molecule has 21 heavy (non-hydrogen) atoms. The van der Waals surface area contributed by atoms with Crippen molar-refractivity contribution in [2.24, 2.45) is 23.2 Å². The lowest BCUT2D eigenvalue weighted by Gasteiger charge is -2.49. The van der Waals surface area contributed by atoms with Crippen LogP contribution in [0.5, 0.6) is 0 Å². The van der Waals surface area contributed by atoms with Crippen molar-refractivity contribution in [1.82, 2.24) is 0 Å². The molecular formula is C16H25NO4. The summed E-state index contributed by atoms with van der Waals surface area (Å²) in [5, 5.41) is 11.0. The Balaban J connectivity index is 2.08. The quantitative estimate of drug-likeness (QED) is 0.338. The third-order valence-electron chi connectivity index (χ3n) is 4.88. The van der Waals surface area contributed by atoms with Crippen LogP contribution in [0.25, 0.3) is 0 Å². The van der Waals surface area contributed by atoms with Crippen LogP contribution in [0.2, 0.25) is 0 Å². The van der Waals surface area contributed by atoms with Crippen LogP contribution in [0.3, 0.4) is 0 Å². The number of hydrogen-bond donors (Lipinski definition) is 0. The van der Waals surface area contributed by atoms with Gasteiger partial charge in [-0.3, -0.25) is 14.9 Å². The van der Waals surface area contributed by atoms with Crippen molar-refractivity contribution in [1.29, 1.82) is 0 Å². The molecule has 118 valence electrons. The SMILES string of the molecule is C=C[C@@H]1C[C@@H]2C[C@@](CC(=O)OC(C)(C)C)(C[N+](=O)[O-])[C@@H]2C1. The number of nitrogens with zero attached hydrogens (tertiary/aromatic N) is 1. The van der Waals surface area contributed by atoms with E-state index in [9.17, 15) is 14.9 Å². The molecule has 2 aliphatic carbocycles. The zero-order valence-corrected chi connectivity index (χ0v) is 13.1. The Morgan fingerprint density at radius 1 is 1.48 bits per heavy atom. The molecule has 0 N–H and O–H groups in total. The molecule has 0 heterocycles. The average molecular weight is 295 g/mol. The molecule has 0 aliphatic heterocycles. The van der Waals surface area contributed by atoms with E-state index in [-0.39, 0.29) is 29.8 Å². The van der Waals surface area contributed by atoms with E-state index in [4.69, 9.17) is 4.74 Å². The molecule has 0 aromatic heterocycles. The highest BCUT2D eigenvalue weighted by Crippen LogP contribution is 2.62. The van der Waals surface area contributed by atoms with E-state index in [0.717, 1.165) is 19.3 Å². The van der Waals surface area contributed by atoms with Gasteiger partial charge in [-0.25, -0.2) is 0 Å². The predicted molar refractivity (Wildman–Crippen MR) is 79.3 cm³/mol. The number of allylic oxidation sites excluding steroid dienone is 1. The molecule has 0 saturated heterocycles. The third-order valence-corrected chi connectivity index (χ3v) is 4.88. The van der Waals surface area contributed by atoms with Gasteiger partial charge in [0.2, 0.25) is 6.54 Å². The molecule has 0 aromatic rings. The Morgan fingerprint density at radius 2 is 2.14 bits per heavy atom. The Kier molecular flexibility index (Phi) is 4.13. The lowest BCUT2D eigenvalue weighted by atomic mass is 9.53. The number of carbonyl (C=O) groups excluding carboxylic acids is 1. The van der Waals surface area contributed by atoms with E-state index in [2.05, 4.69) is 6.58 Å². The van der Waals surface area contributed by atoms with E-state index < -0.39 is 11.0 Å². The summed E-state index contributed by atoms with van der Waals surface area (Å²) in [5.74, 6) is 0.894. The van der Waals surface area contributed by atoms with Gasteiger partial charge in [-0.1, -0.05) is 6.08 Å². The summed E-state index contributed by atoms with van der Waals surface area (Å²) < 4.78 is 5.37. The minimum Gasteiger partial charge on any atom is -0.460 e. The van der Waals surface area contributed by atoms with Crippen LogP contribution in [-0.2, 0) is 9.53 Å². The van der Waals surface area contributed by atoms with Crippen molar-refractivity contribution in [3.05, 3.63) is 22.8 Å². The topological polar surface area (TPSA) is 69.4 Å². The van der Waals surface area contributed by atoms with Gasteiger partial charge in [0.05, 0.1) is 6.42 Å². The largest absolute Gasteiger partial charge is 0.460 e. The molecule has 4 atom stereocenters. The average Bonchev–Trinajstić information content (AvgIpc) is 2.63. The molecule has 0 bridgehead atoms. The van der Waals surface area contributed by atoms with Crippen LogP contribution in [0.1, 0.15) is 46.5 Å². The van der Waals surface area contributed by atoms with E-state index in [0.29, 0.717) is 11.8 Å². The molecule has 0 radical (unpaired) electrons. The zero-order chi connectivity index (χ0) is 15.8. The van der Waals surface area contributed by atoms with Gasteiger partial charge in [0.15, 0.2) is 0 Å². The van der Waals surface area contributed by atoms with Crippen LogP contribution in [-0.4, -0.2) is 23.0 Å². The maximum atomic E-state index is 12.1. The van der Waals surface area contributed by atoms with Crippen LogP contribution in [0, 0.1) is 33.3 Å². The van der Waals surface area contributed by atoms with Gasteiger partial charge in [-0.05, 0) is 57.8 Å². The first-order valence-corrected chi connectivity index (χ1v) is 7.61. The highest BCUT2D eigenvalue weighted by molar-refractivity contribution is 5.71. The van der Waals surface area contributed by atoms with E-state index in [1.165, 1.54) is 0 Å². The molecule has 2 fully saturated rings. The number of esters is 1. The van der Waals surface area contributed by atoms with Crippen LogP contribution in [0.15, 0.2) is 12.7 Å². The highest BCUT2D eigenvalue weighted by atomic mass is 16.6. The van der Waals surface area contributed by atoms with Gasteiger partial charge in [0, 0.05) is 10.3 Å². The van der Waals surface area contributed by atoms with Gasteiger partial charge in [0.1, 0.15) is 5.60 Å². The minimum atomic E-state index is -0.546. The van der Waals surface area contributed by atoms with Crippen LogP contribution in [0.4, 0.5) is 0 Å². The van der Waals surface area contributed by atoms with E-state index in [1.54, 1.807) is 0 Å². The molecule has 0 aromatic carbocycles. The smallest absolute Gasteiger partial charge is 0.307 e. The van der Waals surface area contributed by atoms with Gasteiger partial charge < -0.3 is 4.74 Å². The molecule has 2 rings (SSSR count). The van der Waals surface area contributed by atoms with Crippen molar-refractivity contribution in [2.45, 2.75) is 52.1 Å². The Hall–Kier alpha value is -1.39. The maximum Gasteiger partial charge on any atom is 0.307 e. The molecule has 0 unspecified atom stereocenters. The standard InChI is InChI=1S/C16H25NO4/c1-5-11-6-12-8-16(10-17(19)20,13(12)7-11)9-14(18)21-15(2,3)4/h5,11-13H,1,6-10H2,2-4H3/t11-,12-,13-,16-/m1/s1. The maximum absolute atomic E-state index is 12.1. The lowest BCUT2D eigenvalue weighted by Crippen LogP contribution is -2.51. The van der Waals surface area contributed by atoms with Gasteiger partial charge >= 0.3 is 5.97 Å². The normalized spacial score (nSPS) is 34.7. The summed E-state index contributed by atoms with van der Waals surface area (Å²) in [6, 6.07) is 0. The molecule has 0 spiro atoms. The van der Waals surface area contributed by atoms with Crippen molar-refractivity contribution >= 4 is 5.97 Å². The fraction of sp³-hybridized carbons (Fsp3) is 0.812. The monoisotopic (exact) mass is 295 g/mol. The molecule has 2 aliphatic rings. The number of fused-ring (bicyclic) bond motifs is 1. The lowest BCUT2D eigenvalue weighted by molar-refractivity contribution is -0.507. The zero-order valence-electron chi connectivity index (χ0n) is 13.1. The van der Waals surface area contributed by atoms with Crippen LogP contribution < -0.4 is 0 Å². The highest BCUT2D eigenvalue weighted by Gasteiger charge is 2.60. The second-order valence-electron chi connectivity index (χ2n) is 7.65. The summed E-state index contributed by atoms with van der Waals surface area (Å²) >= 11 is 0. The molecule has 2 saturated carbocycles. The van der Waals surface area contributed by atoms with Gasteiger partial charge in [-0.15, -0.1) is 6.58 Å². The van der Waals surface area contributed by atoms with E-state index in [1.807, 2.05) is 26.8 Å². The number of carbonyl (C=O) groups is 1. The van der Waals surface area contributed by atoms with Crippen molar-refractivity contribution in [3.8, 4) is 0 Å². The Bertz CT molecular complexity index is 454. The first-order chi connectivity index (χ1) is 9.65. The summed E-state index contributed by atoms with van der Waals surface area (Å²) in [7, 11) is 0. The molecule has 5 heteroatoms. The first kappa shape index (κ1) is 16.0. The van der Waals surface area contributed by atoms with Crippen molar-refractivity contribution in [3.63, 3.8) is 0 Å². The Labute approximate surface area is 125 Å². The first-order valence-electron chi connectivity index (χ1n) is 7.61. The van der Waals surface area contributed by atoms with Crippen molar-refractivity contribution < 1.29 is 14.5 Å². The predicted octanol–water partition coefficient (Wildman–Crippen LogP) is 3.21. The van der Waals surface area contributed by atoms with Crippen molar-refractivity contribution in [2.75, 3.05) is 6.54 Å². The molecule has 0 amide bonds. The number of rotatable bonds is 5. The molecule has 5 nitrogen and oxygen atoms in total. The fourth-order valence-electron chi connectivity index (χ4n) is 4.21. The summed E-state index contributed by atoms with van der Waals surface area (Å²) in [5.41, 5.74) is -1.05. The second kappa shape index (κ2) is 5.43. The fourth-order valence-corrected chi connectivity index (χ4v) is 4.21. The summed E-state index contributed by atoms with van der Waals surface area (Å²) in [6.07, 6.45) is 4.86. The summed E-state index contributed by atoms with van der Waals surface area (Å²) in [4.78, 5) is 22.9. The Morgan fingerprint density at radius 3 is 2.67 bits per heavy atom. The molecular weight excluding hydrogens is 270 g/mol. The summed E-state index contributed by atoms with van der Waals surface area (Å²) in [6.45, 7) is 9.16. The van der Waals surface area contributed by atoms with E-state index >= 15 is 0 Å². The second-order valence-corrected chi connectivity index (χ2v) is 7.65. The van der Waals surface area contributed by atoms with Crippen LogP contribution >= 0.6 is 0 Å². The van der Waals surface area contributed by atoms with Gasteiger partial charge in [-0.2, -0.15) is 0 Å². The number of hydrogen-bond acceptors (Lipinski definition) is 4. The van der Waals surface area contributed by atoms with Gasteiger partial charge in [0.25, 0.3) is 0 Å². The third kappa shape index (κ3) is 3.44. The number of nitro groups is 1. The minimum absolute atomic E-state index is 0.128.